The van der Waals surface area contributed by atoms with Crippen molar-refractivity contribution in [2.75, 3.05) is 13.2 Å². The third-order valence-corrected chi connectivity index (χ3v) is 6.56. The Kier molecular flexibility index (Phi) is 8.34. The summed E-state index contributed by atoms with van der Waals surface area (Å²) in [6.07, 6.45) is -3.77. The Morgan fingerprint density at radius 2 is 1.86 bits per heavy atom. The number of benzene rings is 1. The summed E-state index contributed by atoms with van der Waals surface area (Å²) < 4.78 is 55.6. The summed E-state index contributed by atoms with van der Waals surface area (Å²) in [6.45, 7) is 12.5. The van der Waals surface area contributed by atoms with Gasteiger partial charge in [-0.25, -0.2) is 0 Å². The molecule has 206 valence electrons. The van der Waals surface area contributed by atoms with Crippen molar-refractivity contribution in [2.24, 2.45) is 17.5 Å². The van der Waals surface area contributed by atoms with E-state index in [1.807, 2.05) is 58.0 Å². The van der Waals surface area contributed by atoms with Crippen LogP contribution in [0, 0.1) is 5.41 Å². The molecule has 0 aliphatic carbocycles. The van der Waals surface area contributed by atoms with Crippen LogP contribution < -0.4 is 10.2 Å². The zero-order valence-corrected chi connectivity index (χ0v) is 22.6. The van der Waals surface area contributed by atoms with Crippen molar-refractivity contribution in [3.63, 3.8) is 0 Å². The maximum absolute atomic E-state index is 13.5. The zero-order chi connectivity index (χ0) is 27.8. The Hall–Kier alpha value is -2.59. The largest absolute Gasteiger partial charge is 0.490 e. The van der Waals surface area contributed by atoms with E-state index >= 15 is 0 Å². The summed E-state index contributed by atoms with van der Waals surface area (Å²) in [6, 6.07) is 4.49. The van der Waals surface area contributed by atoms with Gasteiger partial charge in [0, 0.05) is 30.8 Å². The summed E-state index contributed by atoms with van der Waals surface area (Å²) in [5.41, 5.74) is -0.845. The molecule has 1 amide bonds. The van der Waals surface area contributed by atoms with Gasteiger partial charge < -0.3 is 14.6 Å². The third kappa shape index (κ3) is 7.04. The lowest BCUT2D eigenvalue weighted by atomic mass is 9.90. The molecule has 1 aromatic heterocycles. The summed E-state index contributed by atoms with van der Waals surface area (Å²) in [4.78, 5) is 17.6. The van der Waals surface area contributed by atoms with Crippen LogP contribution in [0.25, 0.3) is 0 Å². The zero-order valence-electron chi connectivity index (χ0n) is 22.6. The van der Waals surface area contributed by atoms with Crippen LogP contribution in [0.2, 0.25) is 0 Å². The number of hydrogen-bond acceptors (Lipinski definition) is 4. The average molecular weight is 526 g/mol. The first-order valence-corrected chi connectivity index (χ1v) is 12.5. The number of ether oxygens (including phenoxy) is 2. The number of halogens is 3. The minimum atomic E-state index is -4.65. The number of hydrogen-bond donors (Lipinski definition) is 1. The number of alkyl halides is 3. The van der Waals surface area contributed by atoms with Gasteiger partial charge in [0.1, 0.15) is 12.4 Å². The third-order valence-electron chi connectivity index (χ3n) is 6.56. The quantitative estimate of drug-likeness (QED) is 0.585. The van der Waals surface area contributed by atoms with E-state index in [9.17, 15) is 23.1 Å². The number of nitrogens with zero attached hydrogens (tertiary/aromatic N) is 3. The van der Waals surface area contributed by atoms with Crippen molar-refractivity contribution < 1.29 is 32.5 Å². The monoisotopic (exact) mass is 525 g/mol. The summed E-state index contributed by atoms with van der Waals surface area (Å²) >= 11 is 0. The highest BCUT2D eigenvalue weighted by atomic mass is 19.4. The second kappa shape index (κ2) is 10.6. The second-order valence-electron chi connectivity index (χ2n) is 11.7. The lowest BCUT2D eigenvalue weighted by Gasteiger charge is -2.26. The number of carbonyl (C=O) groups is 1. The second-order valence-corrected chi connectivity index (χ2v) is 11.7. The van der Waals surface area contributed by atoms with Crippen LogP contribution in [0.1, 0.15) is 76.0 Å². The smallest absolute Gasteiger partial charge is 0.416 e. The van der Waals surface area contributed by atoms with E-state index in [2.05, 4.69) is 4.99 Å². The summed E-state index contributed by atoms with van der Waals surface area (Å²) in [7, 11) is 1.87. The Labute approximate surface area is 215 Å². The molecular formula is C27H38F3N3O4. The van der Waals surface area contributed by atoms with E-state index in [4.69, 9.17) is 9.47 Å². The maximum atomic E-state index is 13.5. The molecule has 7 nitrogen and oxygen atoms in total. The van der Waals surface area contributed by atoms with Crippen LogP contribution in [0.5, 0.6) is 5.75 Å². The number of aliphatic hydroxyl groups is 1. The lowest BCUT2D eigenvalue weighted by molar-refractivity contribution is -0.137. The highest BCUT2D eigenvalue weighted by Gasteiger charge is 2.33. The molecular weight excluding hydrogens is 487 g/mol. The molecule has 0 unspecified atom stereocenters. The summed E-state index contributed by atoms with van der Waals surface area (Å²) in [5.74, 6) is -0.929. The van der Waals surface area contributed by atoms with Crippen molar-refractivity contribution >= 4 is 5.91 Å². The van der Waals surface area contributed by atoms with E-state index in [0.717, 1.165) is 36.7 Å². The molecule has 2 heterocycles. The SMILES string of the molecule is Cn1c(C(C)(C)C)cc(=NC(=O)c2cc(C(F)(F)F)ccc2OC[C@@H](O)C(C)(C)C)n1C[C@H]1CCCO1. The fourth-order valence-electron chi connectivity index (χ4n) is 4.15. The molecule has 1 aromatic carbocycles. The topological polar surface area (TPSA) is 78.0 Å². The molecule has 1 saturated heterocycles. The van der Waals surface area contributed by atoms with Gasteiger partial charge >= 0.3 is 6.18 Å². The first-order chi connectivity index (χ1) is 17.0. The van der Waals surface area contributed by atoms with E-state index in [1.165, 1.54) is 0 Å². The van der Waals surface area contributed by atoms with Crippen molar-refractivity contribution in [1.29, 1.82) is 0 Å². The Bertz CT molecular complexity index is 1180. The first-order valence-electron chi connectivity index (χ1n) is 12.5. The molecule has 1 N–H and O–H groups in total. The van der Waals surface area contributed by atoms with Crippen molar-refractivity contribution in [1.82, 2.24) is 9.36 Å². The van der Waals surface area contributed by atoms with E-state index in [0.29, 0.717) is 18.6 Å². The van der Waals surface area contributed by atoms with Crippen LogP contribution in [0.4, 0.5) is 13.2 Å². The van der Waals surface area contributed by atoms with Crippen molar-refractivity contribution in [3.8, 4) is 5.75 Å². The van der Waals surface area contributed by atoms with Gasteiger partial charge in [0.2, 0.25) is 0 Å². The molecule has 0 bridgehead atoms. The van der Waals surface area contributed by atoms with E-state index in [-0.39, 0.29) is 29.4 Å². The fourth-order valence-corrected chi connectivity index (χ4v) is 4.15. The van der Waals surface area contributed by atoms with Gasteiger partial charge in [-0.3, -0.25) is 14.2 Å². The Morgan fingerprint density at radius 1 is 1.19 bits per heavy atom. The van der Waals surface area contributed by atoms with Gasteiger partial charge in [-0.05, 0) is 36.5 Å². The Morgan fingerprint density at radius 3 is 2.41 bits per heavy atom. The number of amides is 1. The predicted molar refractivity (Wildman–Crippen MR) is 133 cm³/mol. The van der Waals surface area contributed by atoms with Gasteiger partial charge in [0.25, 0.3) is 5.91 Å². The molecule has 0 radical (unpaired) electrons. The first kappa shape index (κ1) is 29.0. The van der Waals surface area contributed by atoms with Gasteiger partial charge in [0.15, 0.2) is 5.49 Å². The van der Waals surface area contributed by atoms with E-state index < -0.39 is 29.2 Å². The highest BCUT2D eigenvalue weighted by molar-refractivity contribution is 5.97. The molecule has 3 rings (SSSR count). The minimum absolute atomic E-state index is 0.0400. The molecule has 1 fully saturated rings. The molecule has 2 aromatic rings. The normalized spacial score (nSPS) is 18.4. The van der Waals surface area contributed by atoms with Gasteiger partial charge in [-0.1, -0.05) is 41.5 Å². The molecule has 0 spiro atoms. The van der Waals surface area contributed by atoms with Crippen LogP contribution in [0.3, 0.4) is 0 Å². The van der Waals surface area contributed by atoms with Crippen molar-refractivity contribution in [3.05, 3.63) is 46.6 Å². The van der Waals surface area contributed by atoms with Gasteiger partial charge in [0.05, 0.1) is 29.9 Å². The number of aliphatic hydroxyl groups excluding tert-OH is 1. The molecule has 10 heteroatoms. The molecule has 1 aliphatic rings. The predicted octanol–water partition coefficient (Wildman–Crippen LogP) is 4.85. The van der Waals surface area contributed by atoms with Crippen LogP contribution in [0.15, 0.2) is 29.3 Å². The Balaban J connectivity index is 2.08. The van der Waals surface area contributed by atoms with Crippen LogP contribution in [-0.2, 0) is 29.9 Å². The van der Waals surface area contributed by atoms with E-state index in [1.54, 1.807) is 6.07 Å². The fraction of sp³-hybridized carbons (Fsp3) is 0.630. The molecule has 1 aliphatic heterocycles. The van der Waals surface area contributed by atoms with Crippen LogP contribution in [-0.4, -0.2) is 45.8 Å². The molecule has 0 saturated carbocycles. The van der Waals surface area contributed by atoms with Gasteiger partial charge in [-0.15, -0.1) is 0 Å². The lowest BCUT2D eigenvalue weighted by Crippen LogP contribution is -2.32. The average Bonchev–Trinajstić information content (AvgIpc) is 3.39. The highest BCUT2D eigenvalue weighted by Crippen LogP contribution is 2.33. The number of aromatic nitrogens is 2. The van der Waals surface area contributed by atoms with Gasteiger partial charge in [-0.2, -0.15) is 18.2 Å². The molecule has 37 heavy (non-hydrogen) atoms. The maximum Gasteiger partial charge on any atom is 0.416 e. The summed E-state index contributed by atoms with van der Waals surface area (Å²) in [5, 5.41) is 10.3. The van der Waals surface area contributed by atoms with Crippen LogP contribution >= 0.6 is 0 Å². The standard InChI is InChI=1S/C27H38F3N3O4/c1-25(2,3)21-14-23(33(32(21)7)15-18-9-8-12-36-18)31-24(35)19-13-17(27(28,29)30)10-11-20(19)37-16-22(34)26(4,5)6/h10-11,13-14,18,22,34H,8-9,12,15-16H2,1-7H3/t18-,22-/m1/s1. The molecule has 2 atom stereocenters. The van der Waals surface area contributed by atoms with Crippen molar-refractivity contribution in [2.45, 2.75) is 84.7 Å². The number of rotatable bonds is 6. The minimum Gasteiger partial charge on any atom is -0.490 e. The number of carbonyl (C=O) groups excluding carboxylic acids is 1.